The Morgan fingerprint density at radius 1 is 1.00 bits per heavy atom. The van der Waals surface area contributed by atoms with Crippen molar-refractivity contribution in [1.29, 1.82) is 0 Å². The van der Waals surface area contributed by atoms with E-state index in [2.05, 4.69) is 10.6 Å². The maximum atomic E-state index is 12.4. The number of urea groups is 1. The Morgan fingerprint density at radius 2 is 1.65 bits per heavy atom. The molecule has 2 aromatic carbocycles. The number of esters is 1. The quantitative estimate of drug-likeness (QED) is 0.775. The fourth-order valence-electron chi connectivity index (χ4n) is 2.05. The number of amides is 3. The van der Waals surface area contributed by atoms with Crippen molar-refractivity contribution in [3.8, 4) is 5.75 Å². The Balaban J connectivity index is 2.02. The van der Waals surface area contributed by atoms with Crippen LogP contribution in [-0.2, 0) is 16.1 Å². The van der Waals surface area contributed by atoms with Crippen molar-refractivity contribution in [3.63, 3.8) is 0 Å². The lowest BCUT2D eigenvalue weighted by molar-refractivity contribution is -0.127. The molecule has 1 atom stereocenters. The van der Waals surface area contributed by atoms with Gasteiger partial charge in [0.25, 0.3) is 5.91 Å². The van der Waals surface area contributed by atoms with Gasteiger partial charge in [-0.1, -0.05) is 42.5 Å². The van der Waals surface area contributed by atoms with Gasteiger partial charge < -0.3 is 14.8 Å². The van der Waals surface area contributed by atoms with Gasteiger partial charge in [-0.2, -0.15) is 0 Å². The monoisotopic (exact) mass is 356 g/mol. The summed E-state index contributed by atoms with van der Waals surface area (Å²) in [5, 5.41) is 4.30. The number of hydrogen-bond acceptors (Lipinski definition) is 5. The number of benzene rings is 2. The van der Waals surface area contributed by atoms with E-state index >= 15 is 0 Å². The molecular formula is C19H20N2O5. The van der Waals surface area contributed by atoms with Gasteiger partial charge in [0, 0.05) is 7.05 Å². The average molecular weight is 356 g/mol. The lowest BCUT2D eigenvalue weighted by atomic mass is 10.2. The first kappa shape index (κ1) is 19.0. The zero-order valence-electron chi connectivity index (χ0n) is 14.5. The van der Waals surface area contributed by atoms with Crippen LogP contribution in [0.2, 0.25) is 0 Å². The highest BCUT2D eigenvalue weighted by Gasteiger charge is 2.22. The minimum Gasteiger partial charge on any atom is -0.488 e. The zero-order chi connectivity index (χ0) is 18.9. The molecule has 0 aliphatic carbocycles. The second-order valence-corrected chi connectivity index (χ2v) is 5.39. The summed E-state index contributed by atoms with van der Waals surface area (Å²) >= 11 is 0. The van der Waals surface area contributed by atoms with Gasteiger partial charge in [0.15, 0.2) is 6.10 Å². The first-order valence-corrected chi connectivity index (χ1v) is 8.00. The SMILES string of the molecule is CNC(=O)NC(=O)C(C)OC(=O)c1ccccc1OCc1ccccc1. The molecule has 0 aromatic heterocycles. The molecule has 0 aliphatic heterocycles. The van der Waals surface area contributed by atoms with Gasteiger partial charge in [0.2, 0.25) is 0 Å². The van der Waals surface area contributed by atoms with Crippen LogP contribution in [0.5, 0.6) is 5.75 Å². The Labute approximate surface area is 151 Å². The number of imide groups is 1. The van der Waals surface area contributed by atoms with Crippen molar-refractivity contribution < 1.29 is 23.9 Å². The third-order valence-corrected chi connectivity index (χ3v) is 3.46. The molecular weight excluding hydrogens is 336 g/mol. The van der Waals surface area contributed by atoms with E-state index in [0.29, 0.717) is 5.75 Å². The predicted molar refractivity (Wildman–Crippen MR) is 94.7 cm³/mol. The van der Waals surface area contributed by atoms with Crippen LogP contribution < -0.4 is 15.4 Å². The highest BCUT2D eigenvalue weighted by molar-refractivity contribution is 5.99. The lowest BCUT2D eigenvalue weighted by Gasteiger charge is -2.15. The van der Waals surface area contributed by atoms with Gasteiger partial charge in [-0.15, -0.1) is 0 Å². The van der Waals surface area contributed by atoms with E-state index in [9.17, 15) is 14.4 Å². The number of hydrogen-bond donors (Lipinski definition) is 2. The largest absolute Gasteiger partial charge is 0.488 e. The molecule has 26 heavy (non-hydrogen) atoms. The van der Waals surface area contributed by atoms with Crippen molar-refractivity contribution in [2.45, 2.75) is 19.6 Å². The standard InChI is InChI=1S/C19H20N2O5/c1-13(17(22)21-19(24)20-2)26-18(23)15-10-6-7-11-16(15)25-12-14-8-4-3-5-9-14/h3-11,13H,12H2,1-2H3,(H2,20,21,22,24). The summed E-state index contributed by atoms with van der Waals surface area (Å²) < 4.78 is 10.8. The Kier molecular flexibility index (Phi) is 6.73. The van der Waals surface area contributed by atoms with E-state index in [0.717, 1.165) is 5.56 Å². The smallest absolute Gasteiger partial charge is 0.342 e. The summed E-state index contributed by atoms with van der Waals surface area (Å²) in [5.41, 5.74) is 1.15. The number of carbonyl (C=O) groups is 3. The van der Waals surface area contributed by atoms with Crippen LogP contribution in [0.15, 0.2) is 54.6 Å². The van der Waals surface area contributed by atoms with Crippen molar-refractivity contribution >= 4 is 17.9 Å². The third-order valence-electron chi connectivity index (χ3n) is 3.46. The van der Waals surface area contributed by atoms with Crippen molar-refractivity contribution in [2.75, 3.05) is 7.05 Å². The van der Waals surface area contributed by atoms with E-state index in [4.69, 9.17) is 9.47 Å². The van der Waals surface area contributed by atoms with Gasteiger partial charge in [-0.3, -0.25) is 10.1 Å². The van der Waals surface area contributed by atoms with Gasteiger partial charge in [-0.25, -0.2) is 9.59 Å². The minimum absolute atomic E-state index is 0.197. The number of ether oxygens (including phenoxy) is 2. The fraction of sp³-hybridized carbons (Fsp3) is 0.211. The molecule has 2 N–H and O–H groups in total. The van der Waals surface area contributed by atoms with Crippen LogP contribution in [0.25, 0.3) is 0 Å². The molecule has 0 aliphatic rings. The molecule has 7 nitrogen and oxygen atoms in total. The highest BCUT2D eigenvalue weighted by Crippen LogP contribution is 2.21. The second-order valence-electron chi connectivity index (χ2n) is 5.39. The van der Waals surface area contributed by atoms with Crippen LogP contribution in [0.3, 0.4) is 0 Å². The molecule has 0 saturated carbocycles. The normalized spacial score (nSPS) is 11.2. The molecule has 1 unspecified atom stereocenters. The molecule has 3 amide bonds. The molecule has 0 spiro atoms. The molecule has 2 rings (SSSR count). The van der Waals surface area contributed by atoms with Gasteiger partial charge in [-0.05, 0) is 24.6 Å². The maximum Gasteiger partial charge on any atom is 0.342 e. The summed E-state index contributed by atoms with van der Waals surface area (Å²) in [7, 11) is 1.37. The van der Waals surface area contributed by atoms with Crippen molar-refractivity contribution in [1.82, 2.24) is 10.6 Å². The third kappa shape index (κ3) is 5.34. The molecule has 136 valence electrons. The molecule has 2 aromatic rings. The van der Waals surface area contributed by atoms with E-state index in [1.54, 1.807) is 24.3 Å². The van der Waals surface area contributed by atoms with E-state index in [1.807, 2.05) is 30.3 Å². The molecule has 7 heteroatoms. The maximum absolute atomic E-state index is 12.4. The lowest BCUT2D eigenvalue weighted by Crippen LogP contribution is -2.43. The summed E-state index contributed by atoms with van der Waals surface area (Å²) in [6.07, 6.45) is -1.14. The van der Waals surface area contributed by atoms with Crippen LogP contribution in [0.1, 0.15) is 22.8 Å². The summed E-state index contributed by atoms with van der Waals surface area (Å²) in [6.45, 7) is 1.67. The Morgan fingerprint density at radius 3 is 2.35 bits per heavy atom. The molecule has 0 radical (unpaired) electrons. The number of rotatable bonds is 6. The van der Waals surface area contributed by atoms with Crippen LogP contribution in [-0.4, -0.2) is 31.1 Å². The van der Waals surface area contributed by atoms with E-state index in [1.165, 1.54) is 14.0 Å². The summed E-state index contributed by atoms with van der Waals surface area (Å²) in [4.78, 5) is 35.3. The first-order chi connectivity index (χ1) is 12.5. The van der Waals surface area contributed by atoms with Crippen LogP contribution in [0.4, 0.5) is 4.79 Å². The Hall–Kier alpha value is -3.35. The highest BCUT2D eigenvalue weighted by atomic mass is 16.5. The molecule has 0 saturated heterocycles. The molecule has 0 heterocycles. The fourth-order valence-corrected chi connectivity index (χ4v) is 2.05. The minimum atomic E-state index is -1.14. The van der Waals surface area contributed by atoms with E-state index < -0.39 is 24.0 Å². The topological polar surface area (TPSA) is 93.7 Å². The predicted octanol–water partition coefficient (Wildman–Crippen LogP) is 2.27. The second kappa shape index (κ2) is 9.22. The van der Waals surface area contributed by atoms with Crippen LogP contribution in [0, 0.1) is 0 Å². The van der Waals surface area contributed by atoms with E-state index in [-0.39, 0.29) is 12.2 Å². The Bertz CT molecular complexity index is 777. The number of nitrogens with one attached hydrogen (secondary N) is 2. The summed E-state index contributed by atoms with van der Waals surface area (Å²) in [5.74, 6) is -1.09. The molecule has 0 fully saturated rings. The zero-order valence-corrected chi connectivity index (χ0v) is 14.5. The van der Waals surface area contributed by atoms with Crippen molar-refractivity contribution in [2.24, 2.45) is 0 Å². The number of carbonyl (C=O) groups excluding carboxylic acids is 3. The van der Waals surface area contributed by atoms with Crippen LogP contribution >= 0.6 is 0 Å². The summed E-state index contributed by atoms with van der Waals surface area (Å²) in [6, 6.07) is 15.4. The average Bonchev–Trinajstić information content (AvgIpc) is 2.67. The van der Waals surface area contributed by atoms with Gasteiger partial charge in [0.1, 0.15) is 17.9 Å². The van der Waals surface area contributed by atoms with Crippen molar-refractivity contribution in [3.05, 3.63) is 65.7 Å². The van der Waals surface area contributed by atoms with Gasteiger partial charge >= 0.3 is 12.0 Å². The number of para-hydroxylation sites is 1. The molecule has 0 bridgehead atoms. The first-order valence-electron chi connectivity index (χ1n) is 8.00. The van der Waals surface area contributed by atoms with Gasteiger partial charge in [0.05, 0.1) is 0 Å².